The molecule has 2 aromatic carbocycles. The summed E-state index contributed by atoms with van der Waals surface area (Å²) in [6, 6.07) is 16.0. The maximum Gasteiger partial charge on any atom is 0.341 e. The van der Waals surface area contributed by atoms with Crippen LogP contribution in [0.3, 0.4) is 0 Å². The Hall–Kier alpha value is -3.87. The van der Waals surface area contributed by atoms with E-state index in [1.54, 1.807) is 67.0 Å². The molecule has 0 spiro atoms. The number of carbonyl (C=O) groups is 1. The summed E-state index contributed by atoms with van der Waals surface area (Å²) in [6.07, 6.45) is 4.51. The number of esters is 1. The highest BCUT2D eigenvalue weighted by Gasteiger charge is 2.18. The molecule has 142 valence electrons. The summed E-state index contributed by atoms with van der Waals surface area (Å²) in [4.78, 5) is 20.2. The van der Waals surface area contributed by atoms with E-state index in [4.69, 9.17) is 18.9 Å². The molecule has 0 unspecified atom stereocenters. The van der Waals surface area contributed by atoms with Gasteiger partial charge in [-0.2, -0.15) is 0 Å². The molecule has 0 aliphatic rings. The fraction of sp³-hybridized carbons (Fsp3) is 0.0952. The number of carbonyl (C=O) groups excluding carboxylic acids is 1. The lowest BCUT2D eigenvalue weighted by atomic mass is 10.1. The first-order valence-corrected chi connectivity index (χ1v) is 8.34. The number of methoxy groups -OCH3 is 2. The van der Waals surface area contributed by atoms with Crippen LogP contribution in [0.4, 0.5) is 0 Å². The minimum absolute atomic E-state index is 0.232. The van der Waals surface area contributed by atoms with Gasteiger partial charge in [0.1, 0.15) is 22.8 Å². The van der Waals surface area contributed by atoms with Crippen molar-refractivity contribution in [2.24, 2.45) is 0 Å². The van der Waals surface area contributed by atoms with Crippen LogP contribution in [0.25, 0.3) is 5.57 Å². The average Bonchev–Trinajstić information content (AvgIpc) is 2.73. The Bertz CT molecular complexity index is 973. The largest absolute Gasteiger partial charge is 0.503 e. The zero-order valence-corrected chi connectivity index (χ0v) is 15.4. The summed E-state index contributed by atoms with van der Waals surface area (Å²) in [5.74, 6) is 0.963. The van der Waals surface area contributed by atoms with E-state index in [2.05, 4.69) is 9.97 Å². The highest BCUT2D eigenvalue weighted by molar-refractivity contribution is 6.17. The molecule has 1 heterocycles. The molecule has 7 nitrogen and oxygen atoms in total. The van der Waals surface area contributed by atoms with Crippen LogP contribution in [0.1, 0.15) is 5.56 Å². The van der Waals surface area contributed by atoms with Gasteiger partial charge in [-0.05, 0) is 24.3 Å². The van der Waals surface area contributed by atoms with Crippen molar-refractivity contribution >= 4 is 11.5 Å². The van der Waals surface area contributed by atoms with Crippen LogP contribution in [0.5, 0.6) is 23.3 Å². The van der Waals surface area contributed by atoms with Gasteiger partial charge >= 0.3 is 12.0 Å². The molecule has 0 fully saturated rings. The second-order valence-corrected chi connectivity index (χ2v) is 5.47. The molecule has 28 heavy (non-hydrogen) atoms. The van der Waals surface area contributed by atoms with E-state index >= 15 is 0 Å². The predicted molar refractivity (Wildman–Crippen MR) is 102 cm³/mol. The molecule has 3 aromatic rings. The van der Waals surface area contributed by atoms with Gasteiger partial charge in [0.2, 0.25) is 0 Å². The molecule has 0 saturated carbocycles. The maximum absolute atomic E-state index is 12.1. The third-order valence-electron chi connectivity index (χ3n) is 3.60. The molecule has 0 atom stereocenters. The molecule has 0 aliphatic heterocycles. The number of hydrogen-bond donors (Lipinski definition) is 0. The van der Waals surface area contributed by atoms with Gasteiger partial charge in [0.15, 0.2) is 0 Å². The van der Waals surface area contributed by atoms with Crippen LogP contribution in [0, 0.1) is 0 Å². The van der Waals surface area contributed by atoms with Crippen LogP contribution in [0.2, 0.25) is 0 Å². The van der Waals surface area contributed by atoms with E-state index in [0.29, 0.717) is 22.8 Å². The Morgan fingerprint density at radius 3 is 2.32 bits per heavy atom. The summed E-state index contributed by atoms with van der Waals surface area (Å²) in [7, 11) is 2.76. The minimum atomic E-state index is -0.531. The number of ether oxygens (including phenoxy) is 4. The lowest BCUT2D eigenvalue weighted by Gasteiger charge is -2.13. The molecule has 0 N–H and O–H groups in total. The predicted octanol–water partition coefficient (Wildman–Crippen LogP) is 4.22. The normalized spacial score (nSPS) is 10.9. The van der Waals surface area contributed by atoms with Crippen molar-refractivity contribution in [3.8, 4) is 23.3 Å². The van der Waals surface area contributed by atoms with E-state index in [9.17, 15) is 4.79 Å². The van der Waals surface area contributed by atoms with Gasteiger partial charge in [0.25, 0.3) is 0 Å². The van der Waals surface area contributed by atoms with E-state index in [-0.39, 0.29) is 11.6 Å². The van der Waals surface area contributed by atoms with Crippen molar-refractivity contribution in [3.05, 3.63) is 78.8 Å². The highest BCUT2D eigenvalue weighted by atomic mass is 16.5. The zero-order chi connectivity index (χ0) is 19.8. The Balaban J connectivity index is 1.87. The van der Waals surface area contributed by atoms with Crippen LogP contribution in [-0.4, -0.2) is 30.2 Å². The highest BCUT2D eigenvalue weighted by Crippen LogP contribution is 2.32. The summed E-state index contributed by atoms with van der Waals surface area (Å²) >= 11 is 0. The van der Waals surface area contributed by atoms with Gasteiger partial charge in [-0.3, -0.25) is 0 Å². The van der Waals surface area contributed by atoms with Gasteiger partial charge in [0.05, 0.1) is 20.5 Å². The first kappa shape index (κ1) is 18.9. The lowest BCUT2D eigenvalue weighted by Crippen LogP contribution is -2.05. The number of hydrogen-bond acceptors (Lipinski definition) is 7. The van der Waals surface area contributed by atoms with E-state index in [0.717, 1.165) is 0 Å². The van der Waals surface area contributed by atoms with Gasteiger partial charge in [-0.1, -0.05) is 24.3 Å². The fourth-order valence-electron chi connectivity index (χ4n) is 2.40. The van der Waals surface area contributed by atoms with Crippen molar-refractivity contribution in [3.63, 3.8) is 0 Å². The van der Waals surface area contributed by atoms with Crippen LogP contribution >= 0.6 is 0 Å². The van der Waals surface area contributed by atoms with Crippen molar-refractivity contribution < 1.29 is 23.7 Å². The molecule has 1 aromatic heterocycles. The number of nitrogens with zero attached hydrogens (tertiary/aromatic N) is 2. The van der Waals surface area contributed by atoms with E-state index < -0.39 is 5.97 Å². The van der Waals surface area contributed by atoms with Crippen LogP contribution < -0.4 is 9.47 Å². The Kier molecular flexibility index (Phi) is 6.20. The van der Waals surface area contributed by atoms with Crippen molar-refractivity contribution in [1.82, 2.24) is 9.97 Å². The molecule has 0 saturated heterocycles. The molecule has 7 heteroatoms. The molecule has 0 bridgehead atoms. The Labute approximate surface area is 162 Å². The lowest BCUT2D eigenvalue weighted by molar-refractivity contribution is -0.133. The fourth-order valence-corrected chi connectivity index (χ4v) is 2.40. The molecule has 0 radical (unpaired) electrons. The van der Waals surface area contributed by atoms with Gasteiger partial charge in [-0.25, -0.2) is 14.8 Å². The molecule has 0 amide bonds. The first-order valence-electron chi connectivity index (χ1n) is 8.34. The van der Waals surface area contributed by atoms with E-state index in [1.165, 1.54) is 20.5 Å². The van der Waals surface area contributed by atoms with Gasteiger partial charge < -0.3 is 18.9 Å². The third kappa shape index (κ3) is 4.64. The number of benzene rings is 2. The topological polar surface area (TPSA) is 79.8 Å². The standard InChI is InChI=1S/C21H18N2O5/c1-25-14-18(20(24)26-2)17-9-3-4-10-19(17)27-15-7-5-8-16(13-15)28-21-22-11-6-12-23-21/h3-14H,1-2H3/b18-14+. The van der Waals surface area contributed by atoms with Crippen molar-refractivity contribution in [2.45, 2.75) is 0 Å². The average molecular weight is 378 g/mol. The minimum Gasteiger partial charge on any atom is -0.503 e. The molecule has 3 rings (SSSR count). The Morgan fingerprint density at radius 1 is 0.893 bits per heavy atom. The summed E-state index contributed by atoms with van der Waals surface area (Å²) in [6.45, 7) is 0. The van der Waals surface area contributed by atoms with Crippen LogP contribution in [-0.2, 0) is 14.3 Å². The SMILES string of the molecule is CO/C=C(/C(=O)OC)c1ccccc1Oc1cccc(Oc2ncccn2)c1. The summed E-state index contributed by atoms with van der Waals surface area (Å²) < 4.78 is 21.5. The van der Waals surface area contributed by atoms with Crippen molar-refractivity contribution in [2.75, 3.05) is 14.2 Å². The number of rotatable bonds is 7. The van der Waals surface area contributed by atoms with Gasteiger partial charge in [-0.15, -0.1) is 0 Å². The molecular formula is C21H18N2O5. The summed E-state index contributed by atoms with van der Waals surface area (Å²) in [5.41, 5.74) is 0.777. The third-order valence-corrected chi connectivity index (χ3v) is 3.60. The quantitative estimate of drug-likeness (QED) is 0.346. The van der Waals surface area contributed by atoms with Crippen molar-refractivity contribution in [1.29, 1.82) is 0 Å². The van der Waals surface area contributed by atoms with E-state index in [1.807, 2.05) is 0 Å². The second kappa shape index (κ2) is 9.18. The molecular weight excluding hydrogens is 360 g/mol. The zero-order valence-electron chi connectivity index (χ0n) is 15.4. The smallest absolute Gasteiger partial charge is 0.341 e. The van der Waals surface area contributed by atoms with Gasteiger partial charge in [0, 0.05) is 24.0 Å². The monoisotopic (exact) mass is 378 g/mol. The number of aromatic nitrogens is 2. The summed E-state index contributed by atoms with van der Waals surface area (Å²) in [5, 5.41) is 0. The van der Waals surface area contributed by atoms with Crippen LogP contribution in [0.15, 0.2) is 73.3 Å². The second-order valence-electron chi connectivity index (χ2n) is 5.47. The maximum atomic E-state index is 12.1. The molecule has 0 aliphatic carbocycles. The first-order chi connectivity index (χ1) is 13.7. The number of para-hydroxylation sites is 1. The Morgan fingerprint density at radius 2 is 1.61 bits per heavy atom.